The lowest BCUT2D eigenvalue weighted by atomic mass is 10.1. The molecule has 1 nitrogen and oxygen atoms in total. The standard InChI is InChI=1S/C16H16BrF2N/c1-3-11-8-13(17)5-7-16(11)20-10(2)12-4-6-14(18)15(19)9-12/h4-10,20H,3H2,1-2H3. The predicted octanol–water partition coefficient (Wildman–Crippen LogP) is 5.46. The number of benzene rings is 2. The largest absolute Gasteiger partial charge is 0.378 e. The van der Waals surface area contributed by atoms with Gasteiger partial charge in [0.1, 0.15) is 0 Å². The minimum Gasteiger partial charge on any atom is -0.378 e. The molecule has 106 valence electrons. The van der Waals surface area contributed by atoms with E-state index in [2.05, 4.69) is 34.2 Å². The molecule has 0 amide bonds. The van der Waals surface area contributed by atoms with Crippen molar-refractivity contribution in [2.75, 3.05) is 5.32 Å². The fourth-order valence-corrected chi connectivity index (χ4v) is 2.50. The van der Waals surface area contributed by atoms with E-state index >= 15 is 0 Å². The molecule has 0 bridgehead atoms. The number of halogens is 3. The van der Waals surface area contributed by atoms with Crippen LogP contribution in [0.25, 0.3) is 0 Å². The topological polar surface area (TPSA) is 12.0 Å². The Hall–Kier alpha value is -1.42. The van der Waals surface area contributed by atoms with Crippen molar-refractivity contribution in [1.82, 2.24) is 0 Å². The minimum absolute atomic E-state index is 0.100. The Morgan fingerprint density at radius 1 is 1.10 bits per heavy atom. The van der Waals surface area contributed by atoms with Crippen LogP contribution >= 0.6 is 15.9 Å². The summed E-state index contributed by atoms with van der Waals surface area (Å²) in [6.45, 7) is 4.00. The summed E-state index contributed by atoms with van der Waals surface area (Å²) >= 11 is 3.45. The summed E-state index contributed by atoms with van der Waals surface area (Å²) < 4.78 is 27.2. The Morgan fingerprint density at radius 2 is 1.85 bits per heavy atom. The summed E-state index contributed by atoms with van der Waals surface area (Å²) in [6, 6.07) is 9.89. The summed E-state index contributed by atoms with van der Waals surface area (Å²) in [5.41, 5.74) is 2.90. The summed E-state index contributed by atoms with van der Waals surface area (Å²) in [4.78, 5) is 0. The summed E-state index contributed by atoms with van der Waals surface area (Å²) in [5.74, 6) is -1.64. The van der Waals surface area contributed by atoms with Crippen LogP contribution in [0.5, 0.6) is 0 Å². The van der Waals surface area contributed by atoms with Crippen molar-refractivity contribution in [2.45, 2.75) is 26.3 Å². The number of rotatable bonds is 4. The summed E-state index contributed by atoms with van der Waals surface area (Å²) in [6.07, 6.45) is 0.895. The van der Waals surface area contributed by atoms with Gasteiger partial charge >= 0.3 is 0 Å². The number of anilines is 1. The van der Waals surface area contributed by atoms with E-state index in [1.807, 2.05) is 19.1 Å². The highest BCUT2D eigenvalue weighted by atomic mass is 79.9. The molecule has 2 aromatic rings. The highest BCUT2D eigenvalue weighted by molar-refractivity contribution is 9.10. The molecule has 0 aliphatic rings. The average Bonchev–Trinajstić information content (AvgIpc) is 2.43. The fourth-order valence-electron chi connectivity index (χ4n) is 2.09. The monoisotopic (exact) mass is 339 g/mol. The number of hydrogen-bond donors (Lipinski definition) is 1. The lowest BCUT2D eigenvalue weighted by Crippen LogP contribution is -2.09. The Labute approximate surface area is 126 Å². The highest BCUT2D eigenvalue weighted by Crippen LogP contribution is 2.26. The highest BCUT2D eigenvalue weighted by Gasteiger charge is 2.11. The van der Waals surface area contributed by atoms with Crippen LogP contribution in [0.4, 0.5) is 14.5 Å². The summed E-state index contributed by atoms with van der Waals surface area (Å²) in [5, 5.41) is 3.34. The zero-order valence-electron chi connectivity index (χ0n) is 11.4. The Kier molecular flexibility index (Phi) is 4.76. The van der Waals surface area contributed by atoms with E-state index < -0.39 is 11.6 Å². The first kappa shape index (κ1) is 15.0. The van der Waals surface area contributed by atoms with Crippen molar-refractivity contribution in [3.05, 3.63) is 63.6 Å². The molecule has 2 rings (SSSR count). The third-order valence-corrected chi connectivity index (χ3v) is 3.76. The van der Waals surface area contributed by atoms with Gasteiger partial charge < -0.3 is 5.32 Å². The van der Waals surface area contributed by atoms with Gasteiger partial charge in [-0.05, 0) is 54.8 Å². The minimum atomic E-state index is -0.821. The molecule has 0 aliphatic carbocycles. The van der Waals surface area contributed by atoms with Crippen LogP contribution in [0, 0.1) is 11.6 Å². The van der Waals surface area contributed by atoms with Crippen LogP contribution in [0.2, 0.25) is 0 Å². The zero-order valence-corrected chi connectivity index (χ0v) is 13.0. The maximum atomic E-state index is 13.3. The van der Waals surface area contributed by atoms with Crippen molar-refractivity contribution in [3.63, 3.8) is 0 Å². The molecular formula is C16H16BrF2N. The molecule has 0 saturated carbocycles. The van der Waals surface area contributed by atoms with Crippen molar-refractivity contribution < 1.29 is 8.78 Å². The molecule has 20 heavy (non-hydrogen) atoms. The van der Waals surface area contributed by atoms with Crippen LogP contribution in [0.15, 0.2) is 40.9 Å². The second-order valence-electron chi connectivity index (χ2n) is 4.69. The molecule has 0 radical (unpaired) electrons. The molecule has 2 aromatic carbocycles. The Balaban J connectivity index is 2.22. The van der Waals surface area contributed by atoms with Crippen molar-refractivity contribution in [1.29, 1.82) is 0 Å². The van der Waals surface area contributed by atoms with Gasteiger partial charge in [0, 0.05) is 16.2 Å². The van der Waals surface area contributed by atoms with Crippen LogP contribution < -0.4 is 5.32 Å². The second kappa shape index (κ2) is 6.35. The smallest absolute Gasteiger partial charge is 0.159 e. The van der Waals surface area contributed by atoms with E-state index in [1.165, 1.54) is 11.6 Å². The Morgan fingerprint density at radius 3 is 2.50 bits per heavy atom. The van der Waals surface area contributed by atoms with E-state index in [-0.39, 0.29) is 6.04 Å². The van der Waals surface area contributed by atoms with E-state index in [0.717, 1.165) is 22.6 Å². The maximum Gasteiger partial charge on any atom is 0.159 e. The van der Waals surface area contributed by atoms with Crippen LogP contribution in [0.3, 0.4) is 0 Å². The van der Waals surface area contributed by atoms with Crippen LogP contribution in [0.1, 0.15) is 31.0 Å². The predicted molar refractivity (Wildman–Crippen MR) is 81.9 cm³/mol. The molecule has 0 aliphatic heterocycles. The first-order valence-electron chi connectivity index (χ1n) is 6.51. The Bertz CT molecular complexity index is 613. The molecule has 0 fully saturated rings. The van der Waals surface area contributed by atoms with Gasteiger partial charge in [0.2, 0.25) is 0 Å². The average molecular weight is 340 g/mol. The third kappa shape index (κ3) is 3.37. The molecule has 1 N–H and O–H groups in total. The van der Waals surface area contributed by atoms with Gasteiger partial charge in [0.15, 0.2) is 11.6 Å². The lowest BCUT2D eigenvalue weighted by Gasteiger charge is -2.18. The molecule has 0 aromatic heterocycles. The molecule has 0 saturated heterocycles. The number of nitrogens with one attached hydrogen (secondary N) is 1. The SMILES string of the molecule is CCc1cc(Br)ccc1NC(C)c1ccc(F)c(F)c1. The van der Waals surface area contributed by atoms with Crippen LogP contribution in [-0.2, 0) is 6.42 Å². The first-order valence-corrected chi connectivity index (χ1v) is 7.30. The molecule has 0 heterocycles. The number of hydrogen-bond acceptors (Lipinski definition) is 1. The normalized spacial score (nSPS) is 12.2. The molecule has 1 atom stereocenters. The van der Waals surface area contributed by atoms with Crippen molar-refractivity contribution in [2.24, 2.45) is 0 Å². The van der Waals surface area contributed by atoms with Gasteiger partial charge in [-0.2, -0.15) is 0 Å². The molecule has 4 heteroatoms. The van der Waals surface area contributed by atoms with Gasteiger partial charge in [-0.25, -0.2) is 8.78 Å². The van der Waals surface area contributed by atoms with Crippen molar-refractivity contribution >= 4 is 21.6 Å². The van der Waals surface area contributed by atoms with Gasteiger partial charge in [-0.15, -0.1) is 0 Å². The summed E-state index contributed by atoms with van der Waals surface area (Å²) in [7, 11) is 0. The van der Waals surface area contributed by atoms with Gasteiger partial charge in [-0.3, -0.25) is 0 Å². The van der Waals surface area contributed by atoms with E-state index in [1.54, 1.807) is 6.07 Å². The lowest BCUT2D eigenvalue weighted by molar-refractivity contribution is 0.506. The van der Waals surface area contributed by atoms with E-state index in [9.17, 15) is 8.78 Å². The third-order valence-electron chi connectivity index (χ3n) is 3.26. The maximum absolute atomic E-state index is 13.3. The number of aryl methyl sites for hydroxylation is 1. The van der Waals surface area contributed by atoms with Gasteiger partial charge in [-0.1, -0.05) is 28.9 Å². The van der Waals surface area contributed by atoms with Gasteiger partial charge in [0.05, 0.1) is 0 Å². The van der Waals surface area contributed by atoms with Crippen molar-refractivity contribution in [3.8, 4) is 0 Å². The van der Waals surface area contributed by atoms with Crippen LogP contribution in [-0.4, -0.2) is 0 Å². The van der Waals surface area contributed by atoms with Gasteiger partial charge in [0.25, 0.3) is 0 Å². The molecule has 0 spiro atoms. The zero-order chi connectivity index (χ0) is 14.7. The molecular weight excluding hydrogens is 324 g/mol. The molecule has 1 unspecified atom stereocenters. The second-order valence-corrected chi connectivity index (χ2v) is 5.61. The quantitative estimate of drug-likeness (QED) is 0.779. The fraction of sp³-hybridized carbons (Fsp3) is 0.250. The van der Waals surface area contributed by atoms with E-state index in [0.29, 0.717) is 5.56 Å². The van der Waals surface area contributed by atoms with E-state index in [4.69, 9.17) is 0 Å². The first-order chi connectivity index (χ1) is 9.51.